The van der Waals surface area contributed by atoms with Crippen LogP contribution in [0.3, 0.4) is 0 Å². The average molecular weight is 383 g/mol. The first kappa shape index (κ1) is 18.9. The van der Waals surface area contributed by atoms with E-state index >= 15 is 0 Å². The molecular weight excluding hydrogens is 352 g/mol. The summed E-state index contributed by atoms with van der Waals surface area (Å²) in [6, 6.07) is 5.90. The zero-order valence-corrected chi connectivity index (χ0v) is 16.9. The van der Waals surface area contributed by atoms with E-state index in [2.05, 4.69) is 21.3 Å². The quantitative estimate of drug-likeness (QED) is 0.858. The fourth-order valence-electron chi connectivity index (χ4n) is 4.20. The van der Waals surface area contributed by atoms with Crippen molar-refractivity contribution in [1.29, 1.82) is 0 Å². The lowest BCUT2D eigenvalue weighted by atomic mass is 9.94. The highest BCUT2D eigenvalue weighted by Crippen LogP contribution is 2.25. The molecule has 0 unspecified atom stereocenters. The molecule has 1 amide bonds. The van der Waals surface area contributed by atoms with Gasteiger partial charge in [-0.15, -0.1) is 0 Å². The summed E-state index contributed by atoms with van der Waals surface area (Å²) in [6.07, 6.45) is 6.39. The summed E-state index contributed by atoms with van der Waals surface area (Å²) >= 11 is 0. The summed E-state index contributed by atoms with van der Waals surface area (Å²) in [5.41, 5.74) is 2.92. The molecule has 2 aliphatic rings. The number of carbonyl (C=O) groups excluding carboxylic acids is 1. The number of nitrogens with one attached hydrogen (secondary N) is 1. The Labute approximate surface area is 166 Å². The van der Waals surface area contributed by atoms with Crippen molar-refractivity contribution >= 4 is 11.7 Å². The van der Waals surface area contributed by atoms with Gasteiger partial charge in [0.25, 0.3) is 5.91 Å². The van der Waals surface area contributed by atoms with Gasteiger partial charge in [0.1, 0.15) is 5.82 Å². The molecule has 0 saturated carbocycles. The van der Waals surface area contributed by atoms with Crippen LogP contribution in [0.25, 0.3) is 0 Å². The number of aryl methyl sites for hydroxylation is 1. The molecule has 0 radical (unpaired) electrons. The van der Waals surface area contributed by atoms with Crippen LogP contribution in [0.2, 0.25) is 0 Å². The van der Waals surface area contributed by atoms with E-state index in [1.54, 1.807) is 11.1 Å². The molecule has 1 N–H and O–H groups in total. The minimum atomic E-state index is 0.0208. The summed E-state index contributed by atoms with van der Waals surface area (Å²) in [6.45, 7) is 4.70. The number of anilines is 1. The van der Waals surface area contributed by atoms with Gasteiger partial charge in [-0.25, -0.2) is 4.98 Å². The second kappa shape index (κ2) is 8.31. The lowest BCUT2D eigenvalue weighted by Gasteiger charge is -2.20. The van der Waals surface area contributed by atoms with Gasteiger partial charge in [0.2, 0.25) is 0 Å². The molecule has 7 heteroatoms. The van der Waals surface area contributed by atoms with E-state index < -0.39 is 0 Å². The molecule has 0 atom stereocenters. The van der Waals surface area contributed by atoms with Crippen LogP contribution in [0.4, 0.5) is 5.82 Å². The Morgan fingerprint density at radius 2 is 2.00 bits per heavy atom. The normalized spacial score (nSPS) is 17.9. The molecule has 0 aliphatic carbocycles. The highest BCUT2D eigenvalue weighted by molar-refractivity contribution is 5.94. The number of pyridine rings is 1. The summed E-state index contributed by atoms with van der Waals surface area (Å²) in [4.78, 5) is 21.5. The highest BCUT2D eigenvalue weighted by atomic mass is 16.2. The monoisotopic (exact) mass is 382 g/mol. The van der Waals surface area contributed by atoms with E-state index in [-0.39, 0.29) is 5.91 Å². The first-order valence-corrected chi connectivity index (χ1v) is 10.3. The van der Waals surface area contributed by atoms with Crippen LogP contribution >= 0.6 is 0 Å². The van der Waals surface area contributed by atoms with Gasteiger partial charge in [0.05, 0.1) is 17.9 Å². The molecule has 2 aromatic rings. The highest BCUT2D eigenvalue weighted by Gasteiger charge is 2.21. The van der Waals surface area contributed by atoms with Gasteiger partial charge in [0.15, 0.2) is 0 Å². The molecule has 2 saturated heterocycles. The fraction of sp³-hybridized carbons (Fsp3) is 0.571. The Morgan fingerprint density at radius 3 is 2.75 bits per heavy atom. The number of aromatic nitrogens is 3. The molecule has 2 fully saturated rings. The zero-order valence-electron chi connectivity index (χ0n) is 16.9. The molecule has 28 heavy (non-hydrogen) atoms. The predicted octanol–water partition coefficient (Wildman–Crippen LogP) is 2.15. The van der Waals surface area contributed by atoms with Crippen molar-refractivity contribution in [2.75, 3.05) is 38.1 Å². The largest absolute Gasteiger partial charge is 0.357 e. The van der Waals surface area contributed by atoms with Gasteiger partial charge in [0, 0.05) is 44.9 Å². The van der Waals surface area contributed by atoms with Crippen LogP contribution in [-0.2, 0) is 13.6 Å². The van der Waals surface area contributed by atoms with Crippen molar-refractivity contribution in [3.63, 3.8) is 0 Å². The van der Waals surface area contributed by atoms with Crippen LogP contribution in [0, 0.1) is 0 Å². The summed E-state index contributed by atoms with van der Waals surface area (Å²) in [7, 11) is 3.83. The number of rotatable bonds is 5. The van der Waals surface area contributed by atoms with Crippen molar-refractivity contribution < 1.29 is 4.79 Å². The van der Waals surface area contributed by atoms with Gasteiger partial charge in [-0.1, -0.05) is 0 Å². The Balaban J connectivity index is 1.44. The van der Waals surface area contributed by atoms with Gasteiger partial charge in [-0.2, -0.15) is 5.10 Å². The van der Waals surface area contributed by atoms with Crippen LogP contribution in [0.5, 0.6) is 0 Å². The first-order valence-electron chi connectivity index (χ1n) is 10.3. The van der Waals surface area contributed by atoms with Crippen molar-refractivity contribution in [2.45, 2.75) is 38.1 Å². The van der Waals surface area contributed by atoms with Crippen LogP contribution in [0.1, 0.15) is 53.3 Å². The number of nitrogens with zero attached hydrogens (tertiary/aromatic N) is 5. The maximum absolute atomic E-state index is 13.0. The summed E-state index contributed by atoms with van der Waals surface area (Å²) in [5, 5.41) is 8.12. The third kappa shape index (κ3) is 4.04. The third-order valence-corrected chi connectivity index (χ3v) is 5.92. The Kier molecular flexibility index (Phi) is 5.62. The molecule has 2 aliphatic heterocycles. The van der Waals surface area contributed by atoms with Gasteiger partial charge in [-0.3, -0.25) is 9.48 Å². The molecule has 4 rings (SSSR count). The van der Waals surface area contributed by atoms with E-state index in [1.807, 2.05) is 30.9 Å². The number of carbonyl (C=O) groups is 1. The van der Waals surface area contributed by atoms with E-state index in [0.29, 0.717) is 18.0 Å². The minimum absolute atomic E-state index is 0.0208. The molecule has 4 heterocycles. The number of amides is 1. The van der Waals surface area contributed by atoms with Gasteiger partial charge < -0.3 is 15.1 Å². The Bertz CT molecular complexity index is 820. The minimum Gasteiger partial charge on any atom is -0.357 e. The Hall–Kier alpha value is -2.41. The van der Waals surface area contributed by atoms with Crippen molar-refractivity contribution in [1.82, 2.24) is 25.0 Å². The zero-order chi connectivity index (χ0) is 19.5. The second-order valence-electron chi connectivity index (χ2n) is 7.97. The third-order valence-electron chi connectivity index (χ3n) is 5.92. The number of piperidine rings is 1. The second-order valence-corrected chi connectivity index (χ2v) is 7.97. The predicted molar refractivity (Wildman–Crippen MR) is 110 cm³/mol. The van der Waals surface area contributed by atoms with Crippen LogP contribution < -0.4 is 10.2 Å². The molecule has 7 nitrogen and oxygen atoms in total. The number of hydrogen-bond donors (Lipinski definition) is 1. The SMILES string of the molecule is CN(Cc1cc(C2CCNCC2)nn1C)C(=O)c1ccnc(N2CCCC2)c1. The molecular formula is C21H30N6O. The molecule has 0 bridgehead atoms. The summed E-state index contributed by atoms with van der Waals surface area (Å²) in [5.74, 6) is 1.45. The van der Waals surface area contributed by atoms with Crippen molar-refractivity contribution in [2.24, 2.45) is 7.05 Å². The topological polar surface area (TPSA) is 66.3 Å². The van der Waals surface area contributed by atoms with E-state index in [4.69, 9.17) is 5.10 Å². The lowest BCUT2D eigenvalue weighted by molar-refractivity contribution is 0.0782. The Morgan fingerprint density at radius 1 is 1.25 bits per heavy atom. The molecule has 0 aromatic carbocycles. The maximum Gasteiger partial charge on any atom is 0.254 e. The molecule has 2 aromatic heterocycles. The van der Waals surface area contributed by atoms with Crippen LogP contribution in [-0.4, -0.2) is 58.8 Å². The van der Waals surface area contributed by atoms with Crippen LogP contribution in [0.15, 0.2) is 24.4 Å². The van der Waals surface area contributed by atoms with Gasteiger partial charge in [-0.05, 0) is 57.0 Å². The molecule has 0 spiro atoms. The lowest BCUT2D eigenvalue weighted by Crippen LogP contribution is -2.28. The standard InChI is InChI=1S/C21H30N6O/c1-25(15-18-14-19(24-26(18)2)16-5-8-22-9-6-16)21(28)17-7-10-23-20(13-17)27-11-3-4-12-27/h7,10,13-14,16,22H,3-6,8-9,11-12,15H2,1-2H3. The fourth-order valence-corrected chi connectivity index (χ4v) is 4.20. The van der Waals surface area contributed by atoms with E-state index in [0.717, 1.165) is 56.2 Å². The first-order chi connectivity index (χ1) is 13.6. The van der Waals surface area contributed by atoms with Crippen molar-refractivity contribution in [3.8, 4) is 0 Å². The maximum atomic E-state index is 13.0. The average Bonchev–Trinajstić information content (AvgIpc) is 3.39. The molecule has 150 valence electrons. The smallest absolute Gasteiger partial charge is 0.254 e. The number of hydrogen-bond acceptors (Lipinski definition) is 5. The van der Waals surface area contributed by atoms with E-state index in [1.165, 1.54) is 12.8 Å². The van der Waals surface area contributed by atoms with Crippen molar-refractivity contribution in [3.05, 3.63) is 41.3 Å². The summed E-state index contributed by atoms with van der Waals surface area (Å²) < 4.78 is 1.92. The van der Waals surface area contributed by atoms with E-state index in [9.17, 15) is 4.79 Å². The van der Waals surface area contributed by atoms with Gasteiger partial charge >= 0.3 is 0 Å².